The lowest BCUT2D eigenvalue weighted by atomic mass is 9.48. The molecule has 39 heavy (non-hydrogen) atoms. The molecular weight excluding hydrogens is 484 g/mol. The summed E-state index contributed by atoms with van der Waals surface area (Å²) < 4.78 is 4.88. The number of hydrogen-bond acceptors (Lipinski definition) is 4. The minimum atomic E-state index is -0.455. The first kappa shape index (κ1) is 25.7. The minimum absolute atomic E-state index is 0.0901. The average molecular weight is 523 g/mol. The fourth-order valence-corrected chi connectivity index (χ4v) is 7.97. The molecule has 0 aromatic heterocycles. The Hall–Kier alpha value is -3.60. The van der Waals surface area contributed by atoms with E-state index in [9.17, 15) is 9.59 Å². The largest absolute Gasteiger partial charge is 0.465 e. The molecule has 0 aliphatic heterocycles. The molecule has 0 N–H and O–H groups in total. The van der Waals surface area contributed by atoms with E-state index >= 15 is 0 Å². The molecule has 0 saturated heterocycles. The first-order valence-corrected chi connectivity index (χ1v) is 14.2. The molecule has 202 valence electrons. The van der Waals surface area contributed by atoms with Gasteiger partial charge in [-0.3, -0.25) is 4.79 Å². The van der Waals surface area contributed by atoms with Gasteiger partial charge < -0.3 is 14.5 Å². The molecule has 4 saturated carbocycles. The number of benzene rings is 3. The molecule has 5 heteroatoms. The van der Waals surface area contributed by atoms with Gasteiger partial charge in [-0.15, -0.1) is 0 Å². The summed E-state index contributed by atoms with van der Waals surface area (Å²) in [7, 11) is 5.13. The van der Waals surface area contributed by atoms with Gasteiger partial charge in [0.1, 0.15) is 0 Å². The third-order valence-electron chi connectivity index (χ3n) is 9.63. The van der Waals surface area contributed by atoms with Gasteiger partial charge >= 0.3 is 5.97 Å². The van der Waals surface area contributed by atoms with Crippen molar-refractivity contribution in [1.82, 2.24) is 0 Å². The van der Waals surface area contributed by atoms with Crippen molar-refractivity contribution in [3.8, 4) is 0 Å². The van der Waals surface area contributed by atoms with Gasteiger partial charge in [0, 0.05) is 25.5 Å². The first-order valence-electron chi connectivity index (χ1n) is 14.2. The Kier molecular flexibility index (Phi) is 6.70. The van der Waals surface area contributed by atoms with Crippen LogP contribution in [0.2, 0.25) is 0 Å². The Balaban J connectivity index is 1.12. The minimum Gasteiger partial charge on any atom is -0.465 e. The van der Waals surface area contributed by atoms with Crippen molar-refractivity contribution in [3.05, 3.63) is 89.5 Å². The molecule has 0 radical (unpaired) electrons. The number of carbonyl (C=O) groups is 2. The topological polar surface area (TPSA) is 49.9 Å². The number of hydrogen-bond donors (Lipinski definition) is 0. The Labute approximate surface area is 231 Å². The summed E-state index contributed by atoms with van der Waals surface area (Å²) in [6.45, 7) is 0. The maximum Gasteiger partial charge on any atom is 0.339 e. The van der Waals surface area contributed by atoms with Crippen molar-refractivity contribution in [1.29, 1.82) is 0 Å². The summed E-state index contributed by atoms with van der Waals surface area (Å²) in [4.78, 5) is 28.9. The van der Waals surface area contributed by atoms with Crippen LogP contribution in [0.25, 0.3) is 0 Å². The van der Waals surface area contributed by atoms with E-state index in [0.717, 1.165) is 29.0 Å². The lowest BCUT2D eigenvalue weighted by molar-refractivity contribution is -0.117. The Morgan fingerprint density at radius 2 is 1.33 bits per heavy atom. The summed E-state index contributed by atoms with van der Waals surface area (Å²) in [6.07, 6.45) is 8.82. The Bertz CT molecular complexity index is 1330. The van der Waals surface area contributed by atoms with Gasteiger partial charge in [0.25, 0.3) is 0 Å². The van der Waals surface area contributed by atoms with E-state index in [1.807, 2.05) is 18.2 Å². The number of amides is 1. The molecule has 3 aromatic rings. The van der Waals surface area contributed by atoms with Crippen LogP contribution in [0.15, 0.2) is 72.8 Å². The van der Waals surface area contributed by atoms with E-state index in [0.29, 0.717) is 16.7 Å². The number of rotatable bonds is 7. The number of methoxy groups -OCH3 is 1. The molecule has 1 amide bonds. The third kappa shape index (κ3) is 4.84. The molecule has 0 spiro atoms. The predicted octanol–water partition coefficient (Wildman–Crippen LogP) is 6.91. The number of nitrogens with zero attached hydrogens (tertiary/aromatic N) is 2. The molecule has 4 aliphatic rings. The van der Waals surface area contributed by atoms with E-state index in [-0.39, 0.29) is 12.3 Å². The lowest BCUT2D eigenvalue weighted by Gasteiger charge is -2.57. The second-order valence-corrected chi connectivity index (χ2v) is 12.1. The highest BCUT2D eigenvalue weighted by atomic mass is 16.5. The number of ether oxygens (including phenoxy) is 1. The van der Waals surface area contributed by atoms with E-state index < -0.39 is 5.97 Å². The molecule has 5 nitrogen and oxygen atoms in total. The van der Waals surface area contributed by atoms with Gasteiger partial charge in [-0.05, 0) is 109 Å². The lowest BCUT2D eigenvalue weighted by Crippen LogP contribution is -2.48. The molecule has 4 bridgehead atoms. The van der Waals surface area contributed by atoms with E-state index in [1.165, 1.54) is 56.2 Å². The highest BCUT2D eigenvalue weighted by Gasteiger charge is 2.51. The zero-order valence-electron chi connectivity index (χ0n) is 23.2. The van der Waals surface area contributed by atoms with Crippen molar-refractivity contribution in [3.63, 3.8) is 0 Å². The van der Waals surface area contributed by atoms with Crippen LogP contribution in [0, 0.1) is 17.8 Å². The maximum atomic E-state index is 13.0. The SMILES string of the molecule is COC(=O)c1ccccc1N(C)C(=O)Cc1ccc(N(C)c2ccc(C34CC5CC(CC(C5)C3)C4)cc2)cc1. The molecule has 3 aromatic carbocycles. The highest BCUT2D eigenvalue weighted by molar-refractivity contribution is 6.02. The van der Waals surface area contributed by atoms with Gasteiger partial charge in [-0.2, -0.15) is 0 Å². The first-order chi connectivity index (χ1) is 18.8. The maximum absolute atomic E-state index is 13.0. The molecule has 4 aliphatic carbocycles. The van der Waals surface area contributed by atoms with Gasteiger partial charge in [0.15, 0.2) is 0 Å². The van der Waals surface area contributed by atoms with Crippen molar-refractivity contribution >= 4 is 28.9 Å². The van der Waals surface area contributed by atoms with Crippen molar-refractivity contribution in [2.75, 3.05) is 31.0 Å². The van der Waals surface area contributed by atoms with Crippen LogP contribution in [0.1, 0.15) is 60.0 Å². The van der Waals surface area contributed by atoms with E-state index in [4.69, 9.17) is 4.74 Å². The summed E-state index contributed by atoms with van der Waals surface area (Å²) in [5, 5.41) is 0. The summed E-state index contributed by atoms with van der Waals surface area (Å²) >= 11 is 0. The quantitative estimate of drug-likeness (QED) is 0.316. The second kappa shape index (κ2) is 10.2. The standard InChI is InChI=1S/C34H38N2O3/c1-35(29-14-10-27(11-15-29)34-20-24-16-25(21-34)18-26(17-24)22-34)28-12-8-23(9-13-28)19-32(37)36(2)31-7-5-4-6-30(31)33(38)39-3/h4-15,24-26H,16-22H2,1-3H3. The predicted molar refractivity (Wildman–Crippen MR) is 156 cm³/mol. The van der Waals surface area contributed by atoms with Crippen molar-refractivity contribution in [2.24, 2.45) is 17.8 Å². The molecular formula is C34H38N2O3. The van der Waals surface area contributed by atoms with Gasteiger partial charge in [-0.1, -0.05) is 36.4 Å². The number of esters is 1. The summed E-state index contributed by atoms with van der Waals surface area (Å²) in [5.41, 5.74) is 6.07. The Morgan fingerprint density at radius 3 is 1.90 bits per heavy atom. The van der Waals surface area contributed by atoms with Crippen LogP contribution in [0.3, 0.4) is 0 Å². The van der Waals surface area contributed by atoms with Crippen LogP contribution in [0.4, 0.5) is 17.1 Å². The molecule has 7 rings (SSSR count). The molecule has 0 heterocycles. The second-order valence-electron chi connectivity index (χ2n) is 12.1. The molecule has 0 unspecified atom stereocenters. The number of anilines is 3. The molecule has 4 fully saturated rings. The fourth-order valence-electron chi connectivity index (χ4n) is 7.97. The van der Waals surface area contributed by atoms with Gasteiger partial charge in [-0.25, -0.2) is 4.79 Å². The van der Waals surface area contributed by atoms with Crippen LogP contribution in [-0.4, -0.2) is 33.1 Å². The van der Waals surface area contributed by atoms with E-state index in [1.54, 1.807) is 30.8 Å². The average Bonchev–Trinajstić information content (AvgIpc) is 2.95. The molecule has 0 atom stereocenters. The number of para-hydroxylation sites is 1. The number of likely N-dealkylation sites (N-methyl/N-ethyl adjacent to an activating group) is 1. The summed E-state index contributed by atoms with van der Waals surface area (Å²) in [5.74, 6) is 2.31. The van der Waals surface area contributed by atoms with E-state index in [2.05, 4.69) is 48.3 Å². The van der Waals surface area contributed by atoms with Crippen LogP contribution < -0.4 is 9.80 Å². The zero-order valence-corrected chi connectivity index (χ0v) is 23.2. The summed E-state index contributed by atoms with van der Waals surface area (Å²) in [6, 6.07) is 24.5. The van der Waals surface area contributed by atoms with Crippen LogP contribution >= 0.6 is 0 Å². The van der Waals surface area contributed by atoms with Crippen LogP contribution in [-0.2, 0) is 21.4 Å². The number of carbonyl (C=O) groups excluding carboxylic acids is 2. The third-order valence-corrected chi connectivity index (χ3v) is 9.63. The highest BCUT2D eigenvalue weighted by Crippen LogP contribution is 2.60. The van der Waals surface area contributed by atoms with Gasteiger partial charge in [0.2, 0.25) is 5.91 Å². The zero-order chi connectivity index (χ0) is 27.1. The van der Waals surface area contributed by atoms with Crippen molar-refractivity contribution in [2.45, 2.75) is 50.4 Å². The Morgan fingerprint density at radius 1 is 0.795 bits per heavy atom. The van der Waals surface area contributed by atoms with Gasteiger partial charge in [0.05, 0.1) is 24.8 Å². The normalized spacial score (nSPS) is 24.8. The monoisotopic (exact) mass is 522 g/mol. The fraction of sp³-hybridized carbons (Fsp3) is 0.412. The van der Waals surface area contributed by atoms with Crippen LogP contribution in [0.5, 0.6) is 0 Å². The smallest absolute Gasteiger partial charge is 0.339 e. The van der Waals surface area contributed by atoms with Crippen molar-refractivity contribution < 1.29 is 14.3 Å².